The first-order chi connectivity index (χ1) is 5.38. The van der Waals surface area contributed by atoms with Crippen LogP contribution in [0.4, 0.5) is 0 Å². The molecule has 58 valence electrons. The Bertz CT molecular complexity index is 235. The van der Waals surface area contributed by atoms with E-state index in [4.69, 9.17) is 0 Å². The van der Waals surface area contributed by atoms with Crippen molar-refractivity contribution in [3.8, 4) is 0 Å². The largest absolute Gasteiger partial charge is 0.345 e. The lowest BCUT2D eigenvalue weighted by atomic mass is 10.0. The Morgan fingerprint density at radius 3 is 3.18 bits per heavy atom. The molecule has 0 N–H and O–H groups in total. The fourth-order valence-electron chi connectivity index (χ4n) is 1.66. The molecule has 1 heteroatoms. The summed E-state index contributed by atoms with van der Waals surface area (Å²) in [6.45, 7) is 2.27. The first-order valence-electron chi connectivity index (χ1n) is 4.21. The van der Waals surface area contributed by atoms with E-state index in [9.17, 15) is 0 Å². The molecule has 0 bridgehead atoms. The summed E-state index contributed by atoms with van der Waals surface area (Å²) in [6, 6.07) is 0.677. The lowest BCUT2D eigenvalue weighted by molar-refractivity contribution is 0.331. The summed E-state index contributed by atoms with van der Waals surface area (Å²) in [5.74, 6) is 0. The summed E-state index contributed by atoms with van der Waals surface area (Å²) >= 11 is 0. The number of hydrogen-bond donors (Lipinski definition) is 0. The molecular formula is C10H13N. The van der Waals surface area contributed by atoms with Crippen LogP contribution in [0, 0.1) is 0 Å². The fraction of sp³-hybridized carbons (Fsp3) is 0.400. The summed E-state index contributed by atoms with van der Waals surface area (Å²) < 4.78 is 0. The van der Waals surface area contributed by atoms with Gasteiger partial charge in [0.15, 0.2) is 0 Å². The van der Waals surface area contributed by atoms with Gasteiger partial charge in [-0.25, -0.2) is 0 Å². The zero-order valence-electron chi connectivity index (χ0n) is 6.83. The van der Waals surface area contributed by atoms with Gasteiger partial charge in [-0.1, -0.05) is 12.2 Å². The van der Waals surface area contributed by atoms with Gasteiger partial charge in [0.25, 0.3) is 0 Å². The summed E-state index contributed by atoms with van der Waals surface area (Å²) in [7, 11) is 0. The lowest BCUT2D eigenvalue weighted by Gasteiger charge is -2.33. The molecule has 2 rings (SSSR count). The first kappa shape index (κ1) is 6.71. The Balaban J connectivity index is 2.29. The van der Waals surface area contributed by atoms with Crippen molar-refractivity contribution in [3.05, 3.63) is 36.2 Å². The maximum absolute atomic E-state index is 2.34. The zero-order chi connectivity index (χ0) is 7.68. The summed E-state index contributed by atoms with van der Waals surface area (Å²) in [6.07, 6.45) is 13.3. The molecule has 0 spiro atoms. The molecule has 2 aliphatic rings. The third-order valence-corrected chi connectivity index (χ3v) is 2.34. The molecule has 0 unspecified atom stereocenters. The number of fused-ring (bicyclic) bond motifs is 1. The van der Waals surface area contributed by atoms with Crippen molar-refractivity contribution in [2.45, 2.75) is 25.8 Å². The SMILES string of the molecule is C[C@H]1CCC=C2C=CC=CN21. The van der Waals surface area contributed by atoms with E-state index in [0.29, 0.717) is 6.04 Å². The third-order valence-electron chi connectivity index (χ3n) is 2.34. The molecule has 1 atom stereocenters. The van der Waals surface area contributed by atoms with Crippen molar-refractivity contribution in [1.82, 2.24) is 4.90 Å². The van der Waals surface area contributed by atoms with Crippen LogP contribution >= 0.6 is 0 Å². The van der Waals surface area contributed by atoms with Crippen LogP contribution in [-0.2, 0) is 0 Å². The van der Waals surface area contributed by atoms with Gasteiger partial charge in [-0.2, -0.15) is 0 Å². The average Bonchev–Trinajstić information content (AvgIpc) is 2.06. The Hall–Kier alpha value is -0.980. The summed E-state index contributed by atoms with van der Waals surface area (Å²) in [5, 5.41) is 0. The van der Waals surface area contributed by atoms with Crippen LogP contribution < -0.4 is 0 Å². The molecule has 2 heterocycles. The van der Waals surface area contributed by atoms with Crippen LogP contribution in [0.25, 0.3) is 0 Å². The van der Waals surface area contributed by atoms with E-state index in [2.05, 4.69) is 42.3 Å². The summed E-state index contributed by atoms with van der Waals surface area (Å²) in [5.41, 5.74) is 1.37. The maximum atomic E-state index is 2.34. The van der Waals surface area contributed by atoms with E-state index in [0.717, 1.165) is 0 Å². The smallest absolute Gasteiger partial charge is 0.0368 e. The predicted octanol–water partition coefficient (Wildman–Crippen LogP) is 2.44. The van der Waals surface area contributed by atoms with Crippen molar-refractivity contribution in [2.24, 2.45) is 0 Å². The standard InChI is InChI=1S/C10H13N/c1-9-5-4-7-10-6-2-3-8-11(9)10/h2-3,6-9H,4-5H2,1H3/t9-/m0/s1. The average molecular weight is 147 g/mol. The molecule has 0 saturated carbocycles. The second-order valence-electron chi connectivity index (χ2n) is 3.16. The van der Waals surface area contributed by atoms with E-state index in [-0.39, 0.29) is 0 Å². The maximum Gasteiger partial charge on any atom is 0.0368 e. The zero-order valence-corrected chi connectivity index (χ0v) is 6.83. The van der Waals surface area contributed by atoms with Gasteiger partial charge in [0.05, 0.1) is 0 Å². The molecule has 0 aromatic heterocycles. The highest BCUT2D eigenvalue weighted by atomic mass is 15.2. The lowest BCUT2D eigenvalue weighted by Crippen LogP contribution is -2.30. The minimum Gasteiger partial charge on any atom is -0.345 e. The van der Waals surface area contributed by atoms with E-state index >= 15 is 0 Å². The highest BCUT2D eigenvalue weighted by Crippen LogP contribution is 2.24. The van der Waals surface area contributed by atoms with Crippen molar-refractivity contribution >= 4 is 0 Å². The number of nitrogens with zero attached hydrogens (tertiary/aromatic N) is 1. The van der Waals surface area contributed by atoms with Crippen molar-refractivity contribution in [3.63, 3.8) is 0 Å². The van der Waals surface area contributed by atoms with Crippen LogP contribution in [-0.4, -0.2) is 10.9 Å². The highest BCUT2D eigenvalue weighted by molar-refractivity contribution is 5.29. The van der Waals surface area contributed by atoms with Crippen LogP contribution in [0.1, 0.15) is 19.8 Å². The van der Waals surface area contributed by atoms with Gasteiger partial charge in [0.1, 0.15) is 0 Å². The Labute approximate surface area is 67.7 Å². The predicted molar refractivity (Wildman–Crippen MR) is 46.9 cm³/mol. The van der Waals surface area contributed by atoms with Gasteiger partial charge in [-0.05, 0) is 31.9 Å². The molecule has 0 saturated heterocycles. The topological polar surface area (TPSA) is 3.24 Å². The van der Waals surface area contributed by atoms with Crippen LogP contribution in [0.5, 0.6) is 0 Å². The molecule has 0 aliphatic carbocycles. The molecular weight excluding hydrogens is 134 g/mol. The molecule has 0 aromatic rings. The number of allylic oxidation sites excluding steroid dienone is 4. The van der Waals surface area contributed by atoms with Gasteiger partial charge in [0.2, 0.25) is 0 Å². The minimum atomic E-state index is 0.677. The van der Waals surface area contributed by atoms with Crippen molar-refractivity contribution in [2.75, 3.05) is 0 Å². The van der Waals surface area contributed by atoms with E-state index in [1.165, 1.54) is 18.5 Å². The summed E-state index contributed by atoms with van der Waals surface area (Å²) in [4.78, 5) is 2.34. The van der Waals surface area contributed by atoms with Crippen LogP contribution in [0.2, 0.25) is 0 Å². The quantitative estimate of drug-likeness (QED) is 0.508. The number of hydrogen-bond acceptors (Lipinski definition) is 1. The normalized spacial score (nSPS) is 28.3. The van der Waals surface area contributed by atoms with Gasteiger partial charge in [-0.15, -0.1) is 0 Å². The molecule has 0 radical (unpaired) electrons. The second kappa shape index (κ2) is 2.57. The monoisotopic (exact) mass is 147 g/mol. The van der Waals surface area contributed by atoms with Crippen molar-refractivity contribution in [1.29, 1.82) is 0 Å². The fourth-order valence-corrected chi connectivity index (χ4v) is 1.66. The molecule has 11 heavy (non-hydrogen) atoms. The Kier molecular flexibility index (Phi) is 1.57. The molecule has 0 aromatic carbocycles. The van der Waals surface area contributed by atoms with Crippen LogP contribution in [0.15, 0.2) is 36.2 Å². The number of rotatable bonds is 0. The van der Waals surface area contributed by atoms with Gasteiger partial charge in [-0.3, -0.25) is 0 Å². The van der Waals surface area contributed by atoms with Gasteiger partial charge in [0, 0.05) is 17.9 Å². The van der Waals surface area contributed by atoms with Crippen molar-refractivity contribution < 1.29 is 0 Å². The molecule has 2 aliphatic heterocycles. The third kappa shape index (κ3) is 1.11. The Morgan fingerprint density at radius 1 is 1.45 bits per heavy atom. The molecule has 0 amide bonds. The first-order valence-corrected chi connectivity index (χ1v) is 4.21. The minimum absolute atomic E-state index is 0.677. The van der Waals surface area contributed by atoms with Gasteiger partial charge >= 0.3 is 0 Å². The second-order valence-corrected chi connectivity index (χ2v) is 3.16. The highest BCUT2D eigenvalue weighted by Gasteiger charge is 2.17. The molecule has 0 fully saturated rings. The van der Waals surface area contributed by atoms with Gasteiger partial charge < -0.3 is 4.90 Å². The van der Waals surface area contributed by atoms with E-state index < -0.39 is 0 Å². The van der Waals surface area contributed by atoms with Crippen LogP contribution in [0.3, 0.4) is 0 Å². The van der Waals surface area contributed by atoms with E-state index in [1.54, 1.807) is 0 Å². The van der Waals surface area contributed by atoms with E-state index in [1.807, 2.05) is 0 Å². The molecule has 1 nitrogen and oxygen atoms in total. The Morgan fingerprint density at radius 2 is 2.36 bits per heavy atom.